The topological polar surface area (TPSA) is 68.2 Å². The van der Waals surface area contributed by atoms with E-state index in [-0.39, 0.29) is 6.54 Å². The summed E-state index contributed by atoms with van der Waals surface area (Å²) >= 11 is 0. The number of carboxylic acid groups (broad SMARTS) is 1. The molecule has 1 aliphatic rings. The Hall–Kier alpha value is -1.11. The van der Waals surface area contributed by atoms with Crippen molar-refractivity contribution in [3.05, 3.63) is 12.7 Å². The lowest BCUT2D eigenvalue weighted by molar-refractivity contribution is -0.284. The Morgan fingerprint density at radius 2 is 2.24 bits per heavy atom. The van der Waals surface area contributed by atoms with Crippen LogP contribution in [0.1, 0.15) is 6.42 Å². The van der Waals surface area contributed by atoms with E-state index in [9.17, 15) is 4.79 Å². The third-order valence-corrected chi connectivity index (χ3v) is 2.98. The van der Waals surface area contributed by atoms with Crippen LogP contribution in [0.3, 0.4) is 0 Å². The lowest BCUT2D eigenvalue weighted by Crippen LogP contribution is -2.59. The maximum atomic E-state index is 10.9. The maximum absolute atomic E-state index is 10.9. The van der Waals surface area contributed by atoms with Crippen molar-refractivity contribution in [1.82, 2.24) is 4.90 Å². The predicted octanol–water partition coefficient (Wildman–Crippen LogP) is 0.930. The van der Waals surface area contributed by atoms with E-state index in [2.05, 4.69) is 6.58 Å². The minimum absolute atomic E-state index is 0.227. The lowest BCUT2D eigenvalue weighted by Gasteiger charge is -2.44. The van der Waals surface area contributed by atoms with Crippen molar-refractivity contribution in [1.29, 1.82) is 0 Å². The van der Waals surface area contributed by atoms with Crippen molar-refractivity contribution in [2.75, 3.05) is 33.9 Å². The van der Waals surface area contributed by atoms with Crippen molar-refractivity contribution in [3.63, 3.8) is 0 Å². The Labute approximate surface area is 101 Å². The molecule has 6 heteroatoms. The van der Waals surface area contributed by atoms with Gasteiger partial charge in [-0.05, 0) is 0 Å². The monoisotopic (exact) mass is 245 g/mol. The standard InChI is InChI=1S/C11H19NO5/c1-4-7-17-9-8-12(10(13)14)6-5-11(9,15-2)16-3/h4,9H,1,5-8H2,2-3H3,(H,13,14). The first-order chi connectivity index (χ1) is 8.09. The molecule has 1 saturated heterocycles. The van der Waals surface area contributed by atoms with E-state index >= 15 is 0 Å². The molecule has 1 rings (SSSR count). The summed E-state index contributed by atoms with van der Waals surface area (Å²) < 4.78 is 16.3. The van der Waals surface area contributed by atoms with E-state index in [0.29, 0.717) is 19.6 Å². The average Bonchev–Trinajstić information content (AvgIpc) is 2.35. The smallest absolute Gasteiger partial charge is 0.407 e. The molecule has 0 radical (unpaired) electrons. The van der Waals surface area contributed by atoms with Gasteiger partial charge in [0.1, 0.15) is 6.10 Å². The molecule has 1 fully saturated rings. The van der Waals surface area contributed by atoms with Gasteiger partial charge in [0.2, 0.25) is 0 Å². The fourth-order valence-electron chi connectivity index (χ4n) is 1.97. The van der Waals surface area contributed by atoms with Crippen molar-refractivity contribution in [2.45, 2.75) is 18.3 Å². The number of hydrogen-bond donors (Lipinski definition) is 1. The van der Waals surface area contributed by atoms with Crippen LogP contribution in [0.2, 0.25) is 0 Å². The summed E-state index contributed by atoms with van der Waals surface area (Å²) in [4.78, 5) is 12.2. The molecule has 1 atom stereocenters. The highest BCUT2D eigenvalue weighted by Gasteiger charge is 2.45. The summed E-state index contributed by atoms with van der Waals surface area (Å²) in [6.07, 6.45) is 0.627. The number of nitrogens with zero attached hydrogens (tertiary/aromatic N) is 1. The zero-order chi connectivity index (χ0) is 12.9. The summed E-state index contributed by atoms with van der Waals surface area (Å²) in [6, 6.07) is 0. The van der Waals surface area contributed by atoms with Crippen LogP contribution in [-0.2, 0) is 14.2 Å². The second kappa shape index (κ2) is 6.00. The minimum Gasteiger partial charge on any atom is -0.465 e. The number of methoxy groups -OCH3 is 2. The summed E-state index contributed by atoms with van der Waals surface area (Å²) in [5.41, 5.74) is 0. The SMILES string of the molecule is C=CCOC1CN(C(=O)O)CCC1(OC)OC. The van der Waals surface area contributed by atoms with Crippen LogP contribution < -0.4 is 0 Å². The Bertz CT molecular complexity index is 277. The number of ether oxygens (including phenoxy) is 3. The van der Waals surface area contributed by atoms with E-state index in [0.717, 1.165) is 0 Å². The molecule has 1 unspecified atom stereocenters. The van der Waals surface area contributed by atoms with Gasteiger partial charge in [0.05, 0.1) is 13.2 Å². The number of rotatable bonds is 5. The highest BCUT2D eigenvalue weighted by Crippen LogP contribution is 2.29. The summed E-state index contributed by atoms with van der Waals surface area (Å²) in [5, 5.41) is 8.97. The molecule has 0 aromatic heterocycles. The molecule has 0 spiro atoms. The number of likely N-dealkylation sites (tertiary alicyclic amines) is 1. The molecule has 0 aromatic rings. The van der Waals surface area contributed by atoms with Gasteiger partial charge in [-0.15, -0.1) is 6.58 Å². The molecule has 1 aliphatic heterocycles. The van der Waals surface area contributed by atoms with Crippen molar-refractivity contribution in [2.24, 2.45) is 0 Å². The Morgan fingerprint density at radius 1 is 1.59 bits per heavy atom. The largest absolute Gasteiger partial charge is 0.465 e. The zero-order valence-electron chi connectivity index (χ0n) is 10.2. The summed E-state index contributed by atoms with van der Waals surface area (Å²) in [5.74, 6) is -0.880. The molecule has 0 aromatic carbocycles. The zero-order valence-corrected chi connectivity index (χ0v) is 10.2. The van der Waals surface area contributed by atoms with Crippen molar-refractivity contribution < 1.29 is 24.1 Å². The van der Waals surface area contributed by atoms with Crippen LogP contribution in [0.25, 0.3) is 0 Å². The van der Waals surface area contributed by atoms with Gasteiger partial charge in [-0.25, -0.2) is 4.79 Å². The Kier molecular flexibility index (Phi) is 4.92. The lowest BCUT2D eigenvalue weighted by atomic mass is 10.00. The number of amides is 1. The van der Waals surface area contributed by atoms with Crippen molar-refractivity contribution in [3.8, 4) is 0 Å². The molecule has 1 N–H and O–H groups in total. The molecular weight excluding hydrogens is 226 g/mol. The first-order valence-electron chi connectivity index (χ1n) is 5.40. The molecule has 6 nitrogen and oxygen atoms in total. The molecule has 1 amide bonds. The molecule has 17 heavy (non-hydrogen) atoms. The highest BCUT2D eigenvalue weighted by atomic mass is 16.7. The van der Waals surface area contributed by atoms with E-state index in [1.807, 2.05) is 0 Å². The fraction of sp³-hybridized carbons (Fsp3) is 0.727. The second-order valence-electron chi connectivity index (χ2n) is 3.81. The van der Waals surface area contributed by atoms with Crippen LogP contribution in [-0.4, -0.2) is 61.9 Å². The third-order valence-electron chi connectivity index (χ3n) is 2.98. The van der Waals surface area contributed by atoms with Crippen LogP contribution >= 0.6 is 0 Å². The van der Waals surface area contributed by atoms with Gasteiger partial charge in [-0.3, -0.25) is 0 Å². The molecule has 1 heterocycles. The second-order valence-corrected chi connectivity index (χ2v) is 3.81. The number of hydrogen-bond acceptors (Lipinski definition) is 4. The van der Waals surface area contributed by atoms with Gasteiger partial charge in [-0.1, -0.05) is 6.08 Å². The van der Waals surface area contributed by atoms with Gasteiger partial charge in [0, 0.05) is 27.2 Å². The van der Waals surface area contributed by atoms with Gasteiger partial charge < -0.3 is 24.2 Å². The van der Waals surface area contributed by atoms with E-state index < -0.39 is 18.0 Å². The number of piperidine rings is 1. The van der Waals surface area contributed by atoms with E-state index in [4.69, 9.17) is 19.3 Å². The summed E-state index contributed by atoms with van der Waals surface area (Å²) in [6.45, 7) is 4.48. The maximum Gasteiger partial charge on any atom is 0.407 e. The molecular formula is C11H19NO5. The van der Waals surface area contributed by atoms with Gasteiger partial charge >= 0.3 is 6.09 Å². The van der Waals surface area contributed by atoms with Crippen molar-refractivity contribution >= 4 is 6.09 Å². The highest BCUT2D eigenvalue weighted by molar-refractivity contribution is 5.65. The van der Waals surface area contributed by atoms with E-state index in [1.165, 1.54) is 19.1 Å². The van der Waals surface area contributed by atoms with Crippen LogP contribution in [0.5, 0.6) is 0 Å². The third kappa shape index (κ3) is 2.96. The van der Waals surface area contributed by atoms with Crippen LogP contribution in [0, 0.1) is 0 Å². The average molecular weight is 245 g/mol. The van der Waals surface area contributed by atoms with Crippen LogP contribution in [0.15, 0.2) is 12.7 Å². The molecule has 98 valence electrons. The van der Waals surface area contributed by atoms with Gasteiger partial charge in [-0.2, -0.15) is 0 Å². The molecule has 0 saturated carbocycles. The summed E-state index contributed by atoms with van der Waals surface area (Å²) in [7, 11) is 3.06. The molecule has 0 aliphatic carbocycles. The van der Waals surface area contributed by atoms with E-state index in [1.54, 1.807) is 6.08 Å². The number of carbonyl (C=O) groups is 1. The molecule has 0 bridgehead atoms. The first kappa shape index (κ1) is 14.0. The normalized spacial score (nSPS) is 23.4. The van der Waals surface area contributed by atoms with Gasteiger partial charge in [0.25, 0.3) is 0 Å². The Balaban J connectivity index is 2.77. The fourth-order valence-corrected chi connectivity index (χ4v) is 1.97. The van der Waals surface area contributed by atoms with Crippen LogP contribution in [0.4, 0.5) is 4.79 Å². The minimum atomic E-state index is -0.960. The predicted molar refractivity (Wildman–Crippen MR) is 60.9 cm³/mol. The quantitative estimate of drug-likeness (QED) is 0.576. The van der Waals surface area contributed by atoms with Gasteiger partial charge in [0.15, 0.2) is 5.79 Å². The Morgan fingerprint density at radius 3 is 2.71 bits per heavy atom. The first-order valence-corrected chi connectivity index (χ1v) is 5.40.